The van der Waals surface area contributed by atoms with E-state index in [1.807, 2.05) is 0 Å². The summed E-state index contributed by atoms with van der Waals surface area (Å²) < 4.78 is 31.1. The van der Waals surface area contributed by atoms with Gasteiger partial charge >= 0.3 is 5.97 Å². The zero-order valence-electron chi connectivity index (χ0n) is 10.7. The summed E-state index contributed by atoms with van der Waals surface area (Å²) in [5.74, 6) is -2.83. The molecule has 19 heavy (non-hydrogen) atoms. The first-order chi connectivity index (χ1) is 8.80. The monoisotopic (exact) mass is 274 g/mol. The summed E-state index contributed by atoms with van der Waals surface area (Å²) in [6, 6.07) is 2.54. The van der Waals surface area contributed by atoms with Gasteiger partial charge in [0, 0.05) is 11.6 Å². The molecule has 0 bridgehead atoms. The number of hydrogen-bond acceptors (Lipinski definition) is 4. The predicted octanol–water partition coefficient (Wildman–Crippen LogP) is 1.34. The molecule has 1 rings (SSSR count). The smallest absolute Gasteiger partial charge is 0.308 e. The Kier molecular flexibility index (Phi) is 4.97. The van der Waals surface area contributed by atoms with Crippen LogP contribution in [0, 0.1) is 17.6 Å². The number of ether oxygens (including phenoxy) is 1. The molecule has 0 aliphatic heterocycles. The van der Waals surface area contributed by atoms with Crippen LogP contribution in [0.15, 0.2) is 18.2 Å². The van der Waals surface area contributed by atoms with Crippen LogP contribution in [-0.4, -0.2) is 29.4 Å². The Balaban J connectivity index is 2.93. The Bertz CT molecular complexity index is 462. The molecule has 0 saturated heterocycles. The zero-order valence-corrected chi connectivity index (χ0v) is 10.7. The fourth-order valence-corrected chi connectivity index (χ4v) is 1.43. The lowest BCUT2D eigenvalue weighted by molar-refractivity contribution is -0.158. The largest absolute Gasteiger partial charge is 0.462 e. The predicted molar refractivity (Wildman–Crippen MR) is 63.1 cm³/mol. The molecule has 0 amide bonds. The molecule has 0 aromatic heterocycles. The van der Waals surface area contributed by atoms with E-state index in [2.05, 4.69) is 0 Å². The van der Waals surface area contributed by atoms with Crippen molar-refractivity contribution in [2.24, 2.45) is 5.92 Å². The van der Waals surface area contributed by atoms with E-state index in [0.29, 0.717) is 6.07 Å². The van der Waals surface area contributed by atoms with Crippen LogP contribution in [-0.2, 0) is 15.1 Å². The molecular formula is C13H16F2O4. The average molecular weight is 274 g/mol. The van der Waals surface area contributed by atoms with Gasteiger partial charge in [0.05, 0.1) is 12.5 Å². The van der Waals surface area contributed by atoms with Crippen molar-refractivity contribution in [2.75, 3.05) is 13.2 Å². The molecule has 1 aromatic carbocycles. The number of halogens is 2. The van der Waals surface area contributed by atoms with Crippen LogP contribution in [0.25, 0.3) is 0 Å². The van der Waals surface area contributed by atoms with Gasteiger partial charge in [-0.05, 0) is 6.07 Å². The molecule has 0 heterocycles. The fraction of sp³-hybridized carbons (Fsp3) is 0.462. The normalized spacial score (nSPS) is 14.3. The molecule has 0 radical (unpaired) electrons. The zero-order chi connectivity index (χ0) is 14.6. The highest BCUT2D eigenvalue weighted by Crippen LogP contribution is 2.25. The standard InChI is InChI=1S/C13H16F2O4/c1-8(2)12(17)19-7-13(18,6-16)10-4-3-9(14)5-11(10)15/h3-5,8,16,18H,6-7H2,1-2H3. The summed E-state index contributed by atoms with van der Waals surface area (Å²) in [7, 11) is 0. The second-order valence-corrected chi connectivity index (χ2v) is 4.58. The summed E-state index contributed by atoms with van der Waals surface area (Å²) in [4.78, 5) is 11.3. The van der Waals surface area contributed by atoms with Crippen molar-refractivity contribution in [2.45, 2.75) is 19.4 Å². The molecule has 1 unspecified atom stereocenters. The van der Waals surface area contributed by atoms with Gasteiger partial charge < -0.3 is 14.9 Å². The van der Waals surface area contributed by atoms with Gasteiger partial charge in [0.2, 0.25) is 0 Å². The quantitative estimate of drug-likeness (QED) is 0.795. The number of esters is 1. The maximum absolute atomic E-state index is 13.6. The minimum absolute atomic E-state index is 0.326. The number of benzene rings is 1. The highest BCUT2D eigenvalue weighted by Gasteiger charge is 2.33. The van der Waals surface area contributed by atoms with Gasteiger partial charge in [-0.2, -0.15) is 0 Å². The van der Waals surface area contributed by atoms with Crippen LogP contribution in [0.2, 0.25) is 0 Å². The van der Waals surface area contributed by atoms with Crippen molar-refractivity contribution in [1.82, 2.24) is 0 Å². The van der Waals surface area contributed by atoms with Crippen molar-refractivity contribution in [3.05, 3.63) is 35.4 Å². The van der Waals surface area contributed by atoms with E-state index in [4.69, 9.17) is 4.74 Å². The van der Waals surface area contributed by atoms with Crippen molar-refractivity contribution in [3.63, 3.8) is 0 Å². The molecule has 0 aliphatic carbocycles. The summed E-state index contributed by atoms with van der Waals surface area (Å²) in [6.07, 6.45) is 0. The van der Waals surface area contributed by atoms with E-state index in [1.165, 1.54) is 0 Å². The molecule has 1 atom stereocenters. The van der Waals surface area contributed by atoms with Crippen molar-refractivity contribution in [1.29, 1.82) is 0 Å². The molecule has 0 fully saturated rings. The minimum Gasteiger partial charge on any atom is -0.462 e. The average Bonchev–Trinajstić information content (AvgIpc) is 2.35. The maximum Gasteiger partial charge on any atom is 0.308 e. The first-order valence-electron chi connectivity index (χ1n) is 5.75. The minimum atomic E-state index is -2.09. The van der Waals surface area contributed by atoms with Gasteiger partial charge in [0.1, 0.15) is 23.8 Å². The first-order valence-corrected chi connectivity index (χ1v) is 5.75. The van der Waals surface area contributed by atoms with Crippen LogP contribution in [0.3, 0.4) is 0 Å². The lowest BCUT2D eigenvalue weighted by Gasteiger charge is -2.26. The maximum atomic E-state index is 13.6. The van der Waals surface area contributed by atoms with E-state index in [1.54, 1.807) is 13.8 Å². The van der Waals surface area contributed by atoms with Crippen LogP contribution in [0.5, 0.6) is 0 Å². The number of aliphatic hydroxyl groups is 2. The van der Waals surface area contributed by atoms with Gasteiger partial charge in [-0.1, -0.05) is 19.9 Å². The van der Waals surface area contributed by atoms with Gasteiger partial charge in [-0.15, -0.1) is 0 Å². The fourth-order valence-electron chi connectivity index (χ4n) is 1.43. The number of carbonyl (C=O) groups excluding carboxylic acids is 1. The Morgan fingerprint density at radius 3 is 2.53 bits per heavy atom. The van der Waals surface area contributed by atoms with E-state index in [0.717, 1.165) is 12.1 Å². The number of hydrogen-bond donors (Lipinski definition) is 2. The van der Waals surface area contributed by atoms with Gasteiger partial charge in [0.25, 0.3) is 0 Å². The Morgan fingerprint density at radius 2 is 2.05 bits per heavy atom. The van der Waals surface area contributed by atoms with Crippen LogP contribution in [0.4, 0.5) is 8.78 Å². The van der Waals surface area contributed by atoms with Gasteiger partial charge in [-0.25, -0.2) is 8.78 Å². The molecular weight excluding hydrogens is 258 g/mol. The second kappa shape index (κ2) is 6.08. The highest BCUT2D eigenvalue weighted by molar-refractivity contribution is 5.71. The van der Waals surface area contributed by atoms with Crippen LogP contribution >= 0.6 is 0 Å². The number of rotatable bonds is 5. The molecule has 2 N–H and O–H groups in total. The van der Waals surface area contributed by atoms with E-state index >= 15 is 0 Å². The van der Waals surface area contributed by atoms with E-state index in [-0.39, 0.29) is 5.56 Å². The molecule has 0 spiro atoms. The summed E-state index contributed by atoms with van der Waals surface area (Å²) in [6.45, 7) is 1.72. The lowest BCUT2D eigenvalue weighted by Crippen LogP contribution is -2.38. The second-order valence-electron chi connectivity index (χ2n) is 4.58. The first kappa shape index (κ1) is 15.5. The molecule has 6 heteroatoms. The Morgan fingerprint density at radius 1 is 1.42 bits per heavy atom. The number of aliphatic hydroxyl groups excluding tert-OH is 1. The third-order valence-electron chi connectivity index (χ3n) is 2.62. The highest BCUT2D eigenvalue weighted by atomic mass is 19.1. The van der Waals surface area contributed by atoms with Crippen LogP contribution < -0.4 is 0 Å². The Labute approximate surface area is 109 Å². The molecule has 0 aliphatic rings. The van der Waals surface area contributed by atoms with Gasteiger partial charge in [-0.3, -0.25) is 4.79 Å². The summed E-state index contributed by atoms with van der Waals surface area (Å²) in [5, 5.41) is 19.3. The van der Waals surface area contributed by atoms with Crippen LogP contribution in [0.1, 0.15) is 19.4 Å². The van der Waals surface area contributed by atoms with Crippen molar-refractivity contribution in [3.8, 4) is 0 Å². The molecule has 1 aromatic rings. The number of carbonyl (C=O) groups is 1. The molecule has 4 nitrogen and oxygen atoms in total. The Hall–Kier alpha value is -1.53. The third-order valence-corrected chi connectivity index (χ3v) is 2.62. The third kappa shape index (κ3) is 3.71. The molecule has 0 saturated carbocycles. The van der Waals surface area contributed by atoms with Gasteiger partial charge in [0.15, 0.2) is 0 Å². The summed E-state index contributed by atoms with van der Waals surface area (Å²) >= 11 is 0. The van der Waals surface area contributed by atoms with E-state index < -0.39 is 42.3 Å². The SMILES string of the molecule is CC(C)C(=O)OCC(O)(CO)c1ccc(F)cc1F. The summed E-state index contributed by atoms with van der Waals surface area (Å²) in [5.41, 5.74) is -2.42. The molecule has 106 valence electrons. The lowest BCUT2D eigenvalue weighted by atomic mass is 9.95. The topological polar surface area (TPSA) is 66.8 Å². The van der Waals surface area contributed by atoms with Crippen molar-refractivity contribution < 1.29 is 28.5 Å². The van der Waals surface area contributed by atoms with Crippen molar-refractivity contribution >= 4 is 5.97 Å². The van der Waals surface area contributed by atoms with E-state index in [9.17, 15) is 23.8 Å².